The second-order valence-corrected chi connectivity index (χ2v) is 5.60. The molecule has 1 unspecified atom stereocenters. The first-order chi connectivity index (χ1) is 9.79. The molecule has 0 radical (unpaired) electrons. The molecule has 0 amide bonds. The molecule has 1 fully saturated rings. The summed E-state index contributed by atoms with van der Waals surface area (Å²) < 4.78 is 18.8. The fraction of sp³-hybridized carbons (Fsp3) is 0.647. The first-order valence-corrected chi connectivity index (χ1v) is 7.90. The molecule has 1 N–H and O–H groups in total. The molecule has 112 valence electrons. The summed E-state index contributed by atoms with van der Waals surface area (Å²) in [5.41, 5.74) is 1.14. The highest BCUT2D eigenvalue weighted by atomic mass is 19.1. The molecule has 2 rings (SSSR count). The molecule has 1 atom stereocenters. The highest BCUT2D eigenvalue weighted by Gasteiger charge is 2.14. The van der Waals surface area contributed by atoms with Crippen molar-refractivity contribution in [3.8, 4) is 0 Å². The monoisotopic (exact) mass is 279 g/mol. The van der Waals surface area contributed by atoms with Crippen LogP contribution in [0.2, 0.25) is 0 Å². The van der Waals surface area contributed by atoms with Gasteiger partial charge in [0.1, 0.15) is 5.82 Å². The zero-order chi connectivity index (χ0) is 14.2. The first-order valence-electron chi connectivity index (χ1n) is 7.90. The van der Waals surface area contributed by atoms with Gasteiger partial charge in [-0.3, -0.25) is 0 Å². The van der Waals surface area contributed by atoms with Crippen molar-refractivity contribution in [3.05, 3.63) is 35.6 Å². The summed E-state index contributed by atoms with van der Waals surface area (Å²) in [6.07, 6.45) is 7.88. The topological polar surface area (TPSA) is 21.3 Å². The normalized spacial score (nSPS) is 18.1. The minimum Gasteiger partial charge on any atom is -0.377 e. The molecule has 20 heavy (non-hydrogen) atoms. The minimum absolute atomic E-state index is 0.177. The predicted molar refractivity (Wildman–Crippen MR) is 80.3 cm³/mol. The lowest BCUT2D eigenvalue weighted by atomic mass is 9.98. The van der Waals surface area contributed by atoms with Crippen LogP contribution in [0.5, 0.6) is 0 Å². The van der Waals surface area contributed by atoms with Gasteiger partial charge in [0.05, 0.1) is 12.7 Å². The van der Waals surface area contributed by atoms with Gasteiger partial charge in [0.15, 0.2) is 0 Å². The first kappa shape index (κ1) is 15.5. The Hall–Kier alpha value is -0.930. The van der Waals surface area contributed by atoms with E-state index in [-0.39, 0.29) is 11.9 Å². The number of rotatable bonds is 7. The summed E-state index contributed by atoms with van der Waals surface area (Å²) in [6, 6.07) is 7.05. The maximum Gasteiger partial charge on any atom is 0.123 e. The lowest BCUT2D eigenvalue weighted by molar-refractivity contribution is 0.0293. The molecule has 0 bridgehead atoms. The van der Waals surface area contributed by atoms with Crippen LogP contribution < -0.4 is 5.32 Å². The van der Waals surface area contributed by atoms with E-state index in [4.69, 9.17) is 4.74 Å². The van der Waals surface area contributed by atoms with Gasteiger partial charge < -0.3 is 10.1 Å². The van der Waals surface area contributed by atoms with Crippen LogP contribution in [0.15, 0.2) is 24.3 Å². The van der Waals surface area contributed by atoms with Gasteiger partial charge in [-0.25, -0.2) is 4.39 Å². The predicted octanol–water partition coefficient (Wildman–Crippen LogP) is 4.22. The van der Waals surface area contributed by atoms with Crippen molar-refractivity contribution in [1.82, 2.24) is 5.32 Å². The van der Waals surface area contributed by atoms with Crippen molar-refractivity contribution in [2.45, 2.75) is 57.6 Å². The molecule has 2 nitrogen and oxygen atoms in total. The molecule has 0 aliphatic heterocycles. The lowest BCUT2D eigenvalue weighted by Gasteiger charge is -2.23. The zero-order valence-electron chi connectivity index (χ0n) is 12.4. The third kappa shape index (κ3) is 4.88. The smallest absolute Gasteiger partial charge is 0.123 e. The van der Waals surface area contributed by atoms with Crippen LogP contribution in [-0.4, -0.2) is 19.3 Å². The van der Waals surface area contributed by atoms with E-state index in [9.17, 15) is 4.39 Å². The number of benzene rings is 1. The zero-order valence-corrected chi connectivity index (χ0v) is 12.4. The van der Waals surface area contributed by atoms with Crippen LogP contribution in [0, 0.1) is 5.82 Å². The molecule has 1 aliphatic rings. The van der Waals surface area contributed by atoms with E-state index in [2.05, 4.69) is 12.2 Å². The van der Waals surface area contributed by atoms with E-state index in [1.54, 1.807) is 0 Å². The molecule has 0 spiro atoms. The summed E-state index contributed by atoms with van der Waals surface area (Å²) in [5, 5.41) is 3.50. The van der Waals surface area contributed by atoms with Crippen molar-refractivity contribution < 1.29 is 9.13 Å². The van der Waals surface area contributed by atoms with Gasteiger partial charge in [-0.15, -0.1) is 0 Å². The van der Waals surface area contributed by atoms with Gasteiger partial charge in [0, 0.05) is 12.6 Å². The van der Waals surface area contributed by atoms with Crippen molar-refractivity contribution in [2.24, 2.45) is 0 Å². The number of hydrogen-bond donors (Lipinski definition) is 1. The van der Waals surface area contributed by atoms with Gasteiger partial charge in [-0.05, 0) is 37.0 Å². The second kappa shape index (κ2) is 8.38. The van der Waals surface area contributed by atoms with Gasteiger partial charge >= 0.3 is 0 Å². The Balaban J connectivity index is 1.69. The summed E-state index contributed by atoms with van der Waals surface area (Å²) in [6.45, 7) is 3.76. The van der Waals surface area contributed by atoms with Crippen LogP contribution >= 0.6 is 0 Å². The maximum absolute atomic E-state index is 12.9. The summed E-state index contributed by atoms with van der Waals surface area (Å²) >= 11 is 0. The van der Waals surface area contributed by atoms with Crippen LogP contribution in [0.4, 0.5) is 4.39 Å². The van der Waals surface area contributed by atoms with Crippen LogP contribution in [0.3, 0.4) is 0 Å². The fourth-order valence-corrected chi connectivity index (χ4v) is 2.88. The van der Waals surface area contributed by atoms with E-state index in [0.29, 0.717) is 6.10 Å². The highest BCUT2D eigenvalue weighted by molar-refractivity contribution is 5.19. The van der Waals surface area contributed by atoms with Crippen molar-refractivity contribution in [2.75, 3.05) is 13.2 Å². The highest BCUT2D eigenvalue weighted by Crippen LogP contribution is 2.20. The molecule has 3 heteroatoms. The number of ether oxygens (including phenoxy) is 1. The molecular weight excluding hydrogens is 253 g/mol. The van der Waals surface area contributed by atoms with E-state index in [0.717, 1.165) is 25.1 Å². The lowest BCUT2D eigenvalue weighted by Crippen LogP contribution is -2.27. The molecule has 1 aliphatic carbocycles. The minimum atomic E-state index is -0.177. The Labute approximate surface area is 121 Å². The maximum atomic E-state index is 12.9. The van der Waals surface area contributed by atoms with Gasteiger partial charge in [-0.2, -0.15) is 0 Å². The van der Waals surface area contributed by atoms with Crippen LogP contribution in [0.25, 0.3) is 0 Å². The average molecular weight is 279 g/mol. The van der Waals surface area contributed by atoms with Gasteiger partial charge in [0.25, 0.3) is 0 Å². The quantitative estimate of drug-likeness (QED) is 0.755. The Kier molecular flexibility index (Phi) is 6.48. The van der Waals surface area contributed by atoms with E-state index in [1.807, 2.05) is 12.1 Å². The Morgan fingerprint density at radius 3 is 2.55 bits per heavy atom. The number of nitrogens with one attached hydrogen (secondary N) is 1. The third-order valence-corrected chi connectivity index (χ3v) is 4.08. The summed E-state index contributed by atoms with van der Waals surface area (Å²) in [7, 11) is 0. The van der Waals surface area contributed by atoms with Crippen molar-refractivity contribution in [3.63, 3.8) is 0 Å². The average Bonchev–Trinajstić information content (AvgIpc) is 2.50. The number of hydrogen-bond acceptors (Lipinski definition) is 2. The van der Waals surface area contributed by atoms with Gasteiger partial charge in [0.2, 0.25) is 0 Å². The SMILES string of the molecule is CCC(NCCOC1CCCCC1)c1ccc(F)cc1. The molecule has 0 heterocycles. The Morgan fingerprint density at radius 1 is 1.20 bits per heavy atom. The van der Waals surface area contributed by atoms with E-state index >= 15 is 0 Å². The van der Waals surface area contributed by atoms with Crippen molar-refractivity contribution >= 4 is 0 Å². The molecule has 0 saturated heterocycles. The Bertz CT molecular complexity index is 373. The van der Waals surface area contributed by atoms with E-state index < -0.39 is 0 Å². The second-order valence-electron chi connectivity index (χ2n) is 5.60. The van der Waals surface area contributed by atoms with Crippen LogP contribution in [-0.2, 0) is 4.74 Å². The van der Waals surface area contributed by atoms with E-state index in [1.165, 1.54) is 44.2 Å². The molecule has 0 aromatic heterocycles. The summed E-state index contributed by atoms with van der Waals surface area (Å²) in [5.74, 6) is -0.177. The number of halogens is 1. The molecular formula is C17H26FNO. The largest absolute Gasteiger partial charge is 0.377 e. The molecule has 1 saturated carbocycles. The third-order valence-electron chi connectivity index (χ3n) is 4.08. The summed E-state index contributed by atoms with van der Waals surface area (Å²) in [4.78, 5) is 0. The molecule has 1 aromatic rings. The van der Waals surface area contributed by atoms with Crippen molar-refractivity contribution in [1.29, 1.82) is 0 Å². The fourth-order valence-electron chi connectivity index (χ4n) is 2.88. The van der Waals surface area contributed by atoms with Crippen LogP contribution in [0.1, 0.15) is 57.1 Å². The van der Waals surface area contributed by atoms with Gasteiger partial charge in [-0.1, -0.05) is 38.3 Å². The molecule has 1 aromatic carbocycles. The Morgan fingerprint density at radius 2 is 1.90 bits per heavy atom. The standard InChI is InChI=1S/C17H26FNO/c1-2-17(14-8-10-15(18)11-9-14)19-12-13-20-16-6-4-3-5-7-16/h8-11,16-17,19H,2-7,12-13H2,1H3.